The molecular formula is C9H15N3O2. The van der Waals surface area contributed by atoms with Gasteiger partial charge in [0, 0.05) is 6.54 Å². The van der Waals surface area contributed by atoms with Crippen molar-refractivity contribution in [3.63, 3.8) is 0 Å². The topological polar surface area (TPSA) is 70.2 Å². The van der Waals surface area contributed by atoms with Crippen molar-refractivity contribution >= 4 is 11.8 Å². The van der Waals surface area contributed by atoms with Gasteiger partial charge in [0.1, 0.15) is 6.04 Å². The first kappa shape index (κ1) is 9.45. The van der Waals surface area contributed by atoms with Crippen LogP contribution >= 0.6 is 0 Å². The van der Waals surface area contributed by atoms with Gasteiger partial charge in [-0.2, -0.15) is 0 Å². The highest BCUT2D eigenvalue weighted by molar-refractivity contribution is 5.90. The Morgan fingerprint density at radius 1 is 1.36 bits per heavy atom. The van der Waals surface area contributed by atoms with Crippen molar-refractivity contribution in [3.05, 3.63) is 0 Å². The number of rotatable bonds is 2. The molecule has 2 heterocycles. The minimum absolute atomic E-state index is 0.0375. The van der Waals surface area contributed by atoms with Gasteiger partial charge in [0.25, 0.3) is 0 Å². The van der Waals surface area contributed by atoms with E-state index in [1.807, 2.05) is 0 Å². The van der Waals surface area contributed by atoms with E-state index in [1.165, 1.54) is 0 Å². The number of carbonyl (C=O) groups is 2. The molecule has 2 aliphatic heterocycles. The van der Waals surface area contributed by atoms with Crippen molar-refractivity contribution in [3.8, 4) is 0 Å². The molecule has 0 unspecified atom stereocenters. The fraction of sp³-hybridized carbons (Fsp3) is 0.778. The summed E-state index contributed by atoms with van der Waals surface area (Å²) in [6, 6.07) is -0.409. The van der Waals surface area contributed by atoms with Gasteiger partial charge < -0.3 is 16.0 Å². The van der Waals surface area contributed by atoms with Crippen LogP contribution in [0.25, 0.3) is 0 Å². The van der Waals surface area contributed by atoms with Crippen LogP contribution in [0.3, 0.4) is 0 Å². The van der Waals surface area contributed by atoms with Crippen LogP contribution in [0.5, 0.6) is 0 Å². The fourth-order valence-corrected chi connectivity index (χ4v) is 1.91. The third-order valence-electron chi connectivity index (χ3n) is 2.74. The average molecular weight is 197 g/mol. The molecule has 0 radical (unpaired) electrons. The molecule has 0 bridgehead atoms. The highest BCUT2D eigenvalue weighted by Gasteiger charge is 2.29. The van der Waals surface area contributed by atoms with Crippen LogP contribution in [-0.2, 0) is 9.59 Å². The quantitative estimate of drug-likeness (QED) is 0.517. The second-order valence-electron chi connectivity index (χ2n) is 3.79. The lowest BCUT2D eigenvalue weighted by atomic mass is 10.2. The summed E-state index contributed by atoms with van der Waals surface area (Å²) < 4.78 is 0. The van der Waals surface area contributed by atoms with Gasteiger partial charge in [-0.1, -0.05) is 0 Å². The summed E-state index contributed by atoms with van der Waals surface area (Å²) in [6.07, 6.45) is 2.62. The molecule has 2 fully saturated rings. The van der Waals surface area contributed by atoms with Gasteiger partial charge >= 0.3 is 0 Å². The molecule has 2 amide bonds. The van der Waals surface area contributed by atoms with Crippen LogP contribution in [0.2, 0.25) is 0 Å². The molecule has 14 heavy (non-hydrogen) atoms. The molecule has 3 N–H and O–H groups in total. The van der Waals surface area contributed by atoms with Crippen LogP contribution in [-0.4, -0.2) is 37.0 Å². The summed E-state index contributed by atoms with van der Waals surface area (Å²) in [6.45, 7) is 1.57. The smallest absolute Gasteiger partial charge is 0.242 e. The van der Waals surface area contributed by atoms with E-state index >= 15 is 0 Å². The van der Waals surface area contributed by atoms with E-state index < -0.39 is 0 Å². The predicted octanol–water partition coefficient (Wildman–Crippen LogP) is -1.26. The Bertz CT molecular complexity index is 248. The molecular weight excluding hydrogens is 182 g/mol. The van der Waals surface area contributed by atoms with Crippen LogP contribution in [0, 0.1) is 0 Å². The number of carbonyl (C=O) groups excluding carboxylic acids is 2. The molecule has 2 rings (SSSR count). The SMILES string of the molecule is O=C(N[C@H]1CCNC1=O)[C@@H]1CCCN1. The molecule has 0 saturated carbocycles. The summed E-state index contributed by atoms with van der Waals surface area (Å²) >= 11 is 0. The van der Waals surface area contributed by atoms with Gasteiger partial charge in [0.15, 0.2) is 0 Å². The Balaban J connectivity index is 1.84. The summed E-state index contributed by atoms with van der Waals surface area (Å²) in [4.78, 5) is 22.8. The molecule has 0 aromatic heterocycles. The van der Waals surface area contributed by atoms with Gasteiger partial charge in [-0.25, -0.2) is 0 Å². The first-order valence-electron chi connectivity index (χ1n) is 5.09. The molecule has 0 aliphatic carbocycles. The molecule has 0 aromatic carbocycles. The van der Waals surface area contributed by atoms with E-state index in [-0.39, 0.29) is 23.9 Å². The van der Waals surface area contributed by atoms with E-state index in [0.717, 1.165) is 19.4 Å². The monoisotopic (exact) mass is 197 g/mol. The zero-order valence-corrected chi connectivity index (χ0v) is 8.01. The van der Waals surface area contributed by atoms with Gasteiger partial charge in [-0.3, -0.25) is 9.59 Å². The second-order valence-corrected chi connectivity index (χ2v) is 3.79. The molecule has 78 valence electrons. The standard InChI is InChI=1S/C9H15N3O2/c13-8-7(3-5-11-8)12-9(14)6-2-1-4-10-6/h6-7,10H,1-5H2,(H,11,13)(H,12,14)/t6-,7-/m0/s1. The van der Waals surface area contributed by atoms with Gasteiger partial charge in [0.05, 0.1) is 6.04 Å². The summed E-state index contributed by atoms with van der Waals surface area (Å²) in [5, 5.41) is 8.55. The second kappa shape index (κ2) is 3.96. The van der Waals surface area contributed by atoms with E-state index in [2.05, 4.69) is 16.0 Å². The highest BCUT2D eigenvalue weighted by Crippen LogP contribution is 2.06. The van der Waals surface area contributed by atoms with Crippen molar-refractivity contribution in [1.82, 2.24) is 16.0 Å². The maximum Gasteiger partial charge on any atom is 0.242 e. The Labute approximate surface area is 82.6 Å². The minimum atomic E-state index is -0.315. The zero-order chi connectivity index (χ0) is 9.97. The Morgan fingerprint density at radius 3 is 2.79 bits per heavy atom. The lowest BCUT2D eigenvalue weighted by Gasteiger charge is -2.14. The lowest BCUT2D eigenvalue weighted by molar-refractivity contribution is -0.128. The molecule has 2 saturated heterocycles. The molecule has 5 heteroatoms. The maximum atomic E-state index is 11.6. The van der Waals surface area contributed by atoms with Crippen molar-refractivity contribution in [2.75, 3.05) is 13.1 Å². The third-order valence-corrected chi connectivity index (χ3v) is 2.74. The van der Waals surface area contributed by atoms with Crippen molar-refractivity contribution in [2.24, 2.45) is 0 Å². The molecule has 2 aliphatic rings. The van der Waals surface area contributed by atoms with Crippen molar-refractivity contribution in [2.45, 2.75) is 31.3 Å². The minimum Gasteiger partial charge on any atom is -0.354 e. The first-order chi connectivity index (χ1) is 6.77. The third kappa shape index (κ3) is 1.87. The van der Waals surface area contributed by atoms with Crippen molar-refractivity contribution in [1.29, 1.82) is 0 Å². The molecule has 0 spiro atoms. The first-order valence-corrected chi connectivity index (χ1v) is 5.09. The lowest BCUT2D eigenvalue weighted by Crippen LogP contribution is -2.47. The van der Waals surface area contributed by atoms with Gasteiger partial charge in [0.2, 0.25) is 11.8 Å². The summed E-state index contributed by atoms with van der Waals surface area (Å²) in [7, 11) is 0. The number of amides is 2. The largest absolute Gasteiger partial charge is 0.354 e. The van der Waals surface area contributed by atoms with E-state index in [1.54, 1.807) is 0 Å². The Morgan fingerprint density at radius 2 is 2.21 bits per heavy atom. The highest BCUT2D eigenvalue weighted by atomic mass is 16.2. The van der Waals surface area contributed by atoms with Gasteiger partial charge in [-0.05, 0) is 25.8 Å². The maximum absolute atomic E-state index is 11.6. The van der Waals surface area contributed by atoms with E-state index in [0.29, 0.717) is 13.0 Å². The average Bonchev–Trinajstić information content (AvgIpc) is 2.77. The number of hydrogen-bond acceptors (Lipinski definition) is 3. The van der Waals surface area contributed by atoms with Crippen LogP contribution in [0.4, 0.5) is 0 Å². The summed E-state index contributed by atoms with van der Waals surface area (Å²) in [5.74, 6) is -0.0964. The predicted molar refractivity (Wildman–Crippen MR) is 50.6 cm³/mol. The number of hydrogen-bond donors (Lipinski definition) is 3. The Hall–Kier alpha value is -1.10. The summed E-state index contributed by atoms with van der Waals surface area (Å²) in [5.41, 5.74) is 0. The Kier molecular flexibility index (Phi) is 2.67. The fourth-order valence-electron chi connectivity index (χ4n) is 1.91. The van der Waals surface area contributed by atoms with E-state index in [9.17, 15) is 9.59 Å². The van der Waals surface area contributed by atoms with Crippen molar-refractivity contribution < 1.29 is 9.59 Å². The normalized spacial score (nSPS) is 31.6. The van der Waals surface area contributed by atoms with E-state index in [4.69, 9.17) is 0 Å². The number of nitrogens with one attached hydrogen (secondary N) is 3. The molecule has 0 aromatic rings. The van der Waals surface area contributed by atoms with Gasteiger partial charge in [-0.15, -0.1) is 0 Å². The zero-order valence-electron chi connectivity index (χ0n) is 8.01. The van der Waals surface area contributed by atoms with Crippen LogP contribution < -0.4 is 16.0 Å². The molecule has 2 atom stereocenters. The van der Waals surface area contributed by atoms with Crippen LogP contribution in [0.15, 0.2) is 0 Å². The van der Waals surface area contributed by atoms with Crippen LogP contribution in [0.1, 0.15) is 19.3 Å². The molecule has 5 nitrogen and oxygen atoms in total.